The molecule has 0 saturated heterocycles. The maximum Gasteiger partial charge on any atom is 0.230 e. The minimum Gasteiger partial charge on any atom is -0.383 e. The van der Waals surface area contributed by atoms with Crippen molar-refractivity contribution in [3.05, 3.63) is 22.4 Å². The zero-order chi connectivity index (χ0) is 15.1. The molecule has 9 heteroatoms. The van der Waals surface area contributed by atoms with Crippen LogP contribution in [0.25, 0.3) is 0 Å². The number of methoxy groups -OCH3 is 1. The van der Waals surface area contributed by atoms with Crippen LogP contribution in [0.5, 0.6) is 0 Å². The van der Waals surface area contributed by atoms with E-state index in [0.717, 1.165) is 0 Å². The Morgan fingerprint density at radius 1 is 1.62 bits per heavy atom. The fourth-order valence-electron chi connectivity index (χ4n) is 1.69. The number of amides is 1. The SMILES string of the molecule is COCC(C)NC(=O)CSc1nnnn1Cc1cccs1. The third-order valence-corrected chi connectivity index (χ3v) is 4.36. The van der Waals surface area contributed by atoms with Gasteiger partial charge in [-0.2, -0.15) is 0 Å². The Labute approximate surface area is 131 Å². The number of hydrogen-bond acceptors (Lipinski definition) is 7. The van der Waals surface area contributed by atoms with Crippen LogP contribution in [0, 0.1) is 0 Å². The molecule has 21 heavy (non-hydrogen) atoms. The molecular weight excluding hydrogens is 310 g/mol. The molecule has 2 aromatic rings. The van der Waals surface area contributed by atoms with Gasteiger partial charge >= 0.3 is 0 Å². The number of thioether (sulfide) groups is 1. The van der Waals surface area contributed by atoms with Crippen LogP contribution in [0.4, 0.5) is 0 Å². The molecule has 0 aliphatic heterocycles. The van der Waals surface area contributed by atoms with Gasteiger partial charge in [-0.15, -0.1) is 16.4 Å². The van der Waals surface area contributed by atoms with E-state index in [-0.39, 0.29) is 17.7 Å². The zero-order valence-electron chi connectivity index (χ0n) is 11.9. The molecule has 2 heterocycles. The van der Waals surface area contributed by atoms with Crippen molar-refractivity contribution < 1.29 is 9.53 Å². The topological polar surface area (TPSA) is 81.9 Å². The second kappa shape index (κ2) is 8.11. The standard InChI is InChI=1S/C12H17N5O2S2/c1-9(7-19-2)13-11(18)8-21-12-14-15-16-17(12)6-10-4-3-5-20-10/h3-5,9H,6-8H2,1-2H3,(H,13,18). The number of thiophene rings is 1. The number of aromatic nitrogens is 4. The molecule has 114 valence electrons. The highest BCUT2D eigenvalue weighted by Gasteiger charge is 2.12. The van der Waals surface area contributed by atoms with E-state index in [1.807, 2.05) is 24.4 Å². The molecule has 2 aromatic heterocycles. The highest BCUT2D eigenvalue weighted by Crippen LogP contribution is 2.16. The molecule has 0 radical (unpaired) electrons. The minimum absolute atomic E-state index is 0.00906. The maximum atomic E-state index is 11.8. The quantitative estimate of drug-likeness (QED) is 0.729. The van der Waals surface area contributed by atoms with E-state index in [2.05, 4.69) is 20.8 Å². The van der Waals surface area contributed by atoms with Crippen LogP contribution >= 0.6 is 23.1 Å². The molecule has 0 spiro atoms. The Morgan fingerprint density at radius 2 is 2.48 bits per heavy atom. The summed E-state index contributed by atoms with van der Waals surface area (Å²) in [5.41, 5.74) is 0. The minimum atomic E-state index is -0.0600. The molecule has 1 unspecified atom stereocenters. The van der Waals surface area contributed by atoms with Crippen LogP contribution in [0.15, 0.2) is 22.7 Å². The molecule has 0 aromatic carbocycles. The van der Waals surface area contributed by atoms with Gasteiger partial charge in [0.1, 0.15) is 0 Å². The van der Waals surface area contributed by atoms with Crippen LogP contribution in [-0.4, -0.2) is 51.6 Å². The van der Waals surface area contributed by atoms with E-state index >= 15 is 0 Å². The lowest BCUT2D eigenvalue weighted by atomic mass is 10.3. The molecule has 1 N–H and O–H groups in total. The van der Waals surface area contributed by atoms with Crippen LogP contribution < -0.4 is 5.32 Å². The monoisotopic (exact) mass is 327 g/mol. The van der Waals surface area contributed by atoms with Gasteiger partial charge in [-0.1, -0.05) is 17.8 Å². The van der Waals surface area contributed by atoms with Gasteiger partial charge in [0.15, 0.2) is 0 Å². The van der Waals surface area contributed by atoms with Crippen molar-refractivity contribution in [2.45, 2.75) is 24.7 Å². The number of rotatable bonds is 8. The van der Waals surface area contributed by atoms with Crippen molar-refractivity contribution in [2.24, 2.45) is 0 Å². The summed E-state index contributed by atoms with van der Waals surface area (Å²) in [5.74, 6) is 0.217. The van der Waals surface area contributed by atoms with E-state index < -0.39 is 0 Å². The van der Waals surface area contributed by atoms with Crippen LogP contribution in [0.3, 0.4) is 0 Å². The summed E-state index contributed by atoms with van der Waals surface area (Å²) in [5, 5.41) is 17.1. The van der Waals surface area contributed by atoms with Crippen molar-refractivity contribution in [2.75, 3.05) is 19.5 Å². The first kappa shape index (κ1) is 15.9. The predicted molar refractivity (Wildman–Crippen MR) is 81.4 cm³/mol. The number of carbonyl (C=O) groups is 1. The summed E-state index contributed by atoms with van der Waals surface area (Å²) in [7, 11) is 1.61. The number of tetrazole rings is 1. The first-order valence-electron chi connectivity index (χ1n) is 6.38. The molecule has 2 rings (SSSR count). The average Bonchev–Trinajstić information content (AvgIpc) is 3.09. The third kappa shape index (κ3) is 5.10. The molecule has 0 aliphatic carbocycles. The predicted octanol–water partition coefficient (Wildman–Crippen LogP) is 1.03. The summed E-state index contributed by atoms with van der Waals surface area (Å²) in [4.78, 5) is 13.0. The number of carbonyl (C=O) groups excluding carboxylic acids is 1. The van der Waals surface area contributed by atoms with Gasteiger partial charge in [0.25, 0.3) is 0 Å². The first-order chi connectivity index (χ1) is 10.2. The highest BCUT2D eigenvalue weighted by molar-refractivity contribution is 7.99. The molecule has 1 amide bonds. The van der Waals surface area contributed by atoms with Gasteiger partial charge in [-0.25, -0.2) is 4.68 Å². The van der Waals surface area contributed by atoms with Gasteiger partial charge in [-0.05, 0) is 28.8 Å². The van der Waals surface area contributed by atoms with Gasteiger partial charge in [0.05, 0.1) is 18.9 Å². The van der Waals surface area contributed by atoms with Crippen molar-refractivity contribution in [3.8, 4) is 0 Å². The van der Waals surface area contributed by atoms with E-state index in [4.69, 9.17) is 4.74 Å². The van der Waals surface area contributed by atoms with Gasteiger partial charge < -0.3 is 10.1 Å². The molecule has 7 nitrogen and oxygen atoms in total. The average molecular weight is 327 g/mol. The number of nitrogens with zero attached hydrogens (tertiary/aromatic N) is 4. The normalized spacial score (nSPS) is 12.3. The summed E-state index contributed by atoms with van der Waals surface area (Å²) in [6, 6.07) is 4.01. The first-order valence-corrected chi connectivity index (χ1v) is 8.25. The summed E-state index contributed by atoms with van der Waals surface area (Å²) in [6.45, 7) is 3.01. The van der Waals surface area contributed by atoms with E-state index in [1.165, 1.54) is 16.6 Å². The largest absolute Gasteiger partial charge is 0.383 e. The van der Waals surface area contributed by atoms with Crippen LogP contribution in [0.2, 0.25) is 0 Å². The Balaban J connectivity index is 1.83. The number of hydrogen-bond donors (Lipinski definition) is 1. The molecule has 0 saturated carbocycles. The molecule has 1 atom stereocenters. The smallest absolute Gasteiger partial charge is 0.230 e. The van der Waals surface area contributed by atoms with Crippen molar-refractivity contribution in [1.82, 2.24) is 25.5 Å². The molecule has 0 aliphatic rings. The van der Waals surface area contributed by atoms with Gasteiger partial charge in [0, 0.05) is 18.0 Å². The fourth-order valence-corrected chi connectivity index (χ4v) is 3.06. The van der Waals surface area contributed by atoms with Crippen molar-refractivity contribution in [1.29, 1.82) is 0 Å². The maximum absolute atomic E-state index is 11.8. The van der Waals surface area contributed by atoms with E-state index in [1.54, 1.807) is 23.1 Å². The lowest BCUT2D eigenvalue weighted by molar-refractivity contribution is -0.119. The lowest BCUT2D eigenvalue weighted by Gasteiger charge is -2.12. The van der Waals surface area contributed by atoms with Crippen LogP contribution in [0.1, 0.15) is 11.8 Å². The molecule has 0 fully saturated rings. The fraction of sp³-hybridized carbons (Fsp3) is 0.500. The van der Waals surface area contributed by atoms with Crippen molar-refractivity contribution in [3.63, 3.8) is 0 Å². The Kier molecular flexibility index (Phi) is 6.15. The van der Waals surface area contributed by atoms with Crippen molar-refractivity contribution >= 4 is 29.0 Å². The van der Waals surface area contributed by atoms with Gasteiger partial charge in [0.2, 0.25) is 11.1 Å². The summed E-state index contributed by atoms with van der Waals surface area (Å²) in [6.07, 6.45) is 0. The zero-order valence-corrected chi connectivity index (χ0v) is 13.5. The second-order valence-electron chi connectivity index (χ2n) is 4.41. The third-order valence-electron chi connectivity index (χ3n) is 2.54. The molecular formula is C12H17N5O2S2. The Hall–Kier alpha value is -1.45. The van der Waals surface area contributed by atoms with Gasteiger partial charge in [-0.3, -0.25) is 4.79 Å². The molecule has 0 bridgehead atoms. The number of nitrogens with one attached hydrogen (secondary N) is 1. The summed E-state index contributed by atoms with van der Waals surface area (Å²) < 4.78 is 6.67. The Morgan fingerprint density at radius 3 is 3.19 bits per heavy atom. The number of ether oxygens (including phenoxy) is 1. The van der Waals surface area contributed by atoms with E-state index in [9.17, 15) is 4.79 Å². The van der Waals surface area contributed by atoms with E-state index in [0.29, 0.717) is 18.3 Å². The lowest BCUT2D eigenvalue weighted by Crippen LogP contribution is -2.36. The second-order valence-corrected chi connectivity index (χ2v) is 6.39. The highest BCUT2D eigenvalue weighted by atomic mass is 32.2. The van der Waals surface area contributed by atoms with Crippen LogP contribution in [-0.2, 0) is 16.1 Å². The summed E-state index contributed by atoms with van der Waals surface area (Å²) >= 11 is 2.97. The Bertz CT molecular complexity index is 558.